The van der Waals surface area contributed by atoms with Crippen molar-refractivity contribution in [2.45, 2.75) is 38.8 Å². The molecule has 1 aliphatic heterocycles. The van der Waals surface area contributed by atoms with Crippen molar-refractivity contribution in [1.82, 2.24) is 15.0 Å². The van der Waals surface area contributed by atoms with E-state index in [1.54, 1.807) is 4.90 Å². The van der Waals surface area contributed by atoms with Crippen molar-refractivity contribution in [3.63, 3.8) is 0 Å². The number of carbonyl (C=O) groups is 1. The van der Waals surface area contributed by atoms with E-state index in [1.165, 1.54) is 18.2 Å². The summed E-state index contributed by atoms with van der Waals surface area (Å²) in [4.78, 5) is 18.7. The molecule has 0 saturated carbocycles. The molecule has 1 amide bonds. The van der Waals surface area contributed by atoms with Crippen LogP contribution in [-0.2, 0) is 11.3 Å². The van der Waals surface area contributed by atoms with Gasteiger partial charge in [-0.15, -0.1) is 0 Å². The van der Waals surface area contributed by atoms with Crippen molar-refractivity contribution in [1.29, 1.82) is 0 Å². The van der Waals surface area contributed by atoms with E-state index in [4.69, 9.17) is 20.9 Å². The van der Waals surface area contributed by atoms with Crippen molar-refractivity contribution in [2.24, 2.45) is 0 Å². The van der Waals surface area contributed by atoms with Crippen LogP contribution in [0.1, 0.15) is 37.6 Å². The highest BCUT2D eigenvalue weighted by Crippen LogP contribution is 2.30. The molecule has 1 atom stereocenters. The molecule has 2 aromatic carbocycles. The van der Waals surface area contributed by atoms with Crippen LogP contribution in [-0.4, -0.2) is 33.6 Å². The Morgan fingerprint density at radius 3 is 2.73 bits per heavy atom. The molecule has 1 fully saturated rings. The van der Waals surface area contributed by atoms with E-state index in [0.29, 0.717) is 36.8 Å². The van der Waals surface area contributed by atoms with Gasteiger partial charge in [0.05, 0.1) is 17.0 Å². The second-order valence-electron chi connectivity index (χ2n) is 7.57. The van der Waals surface area contributed by atoms with Gasteiger partial charge >= 0.3 is 0 Å². The minimum Gasteiger partial charge on any atom is -0.491 e. The summed E-state index contributed by atoms with van der Waals surface area (Å²) < 4.78 is 24.4. The molecule has 156 valence electrons. The summed E-state index contributed by atoms with van der Waals surface area (Å²) in [5.41, 5.74) is 1.58. The summed E-state index contributed by atoms with van der Waals surface area (Å²) in [7, 11) is 0. The van der Waals surface area contributed by atoms with Gasteiger partial charge in [0.1, 0.15) is 11.6 Å². The number of benzene rings is 2. The molecule has 1 saturated heterocycles. The number of nitrogens with zero attached hydrogens (tertiary/aromatic N) is 3. The van der Waals surface area contributed by atoms with Gasteiger partial charge in [-0.2, -0.15) is 4.98 Å². The fourth-order valence-corrected chi connectivity index (χ4v) is 3.59. The summed E-state index contributed by atoms with van der Waals surface area (Å²) in [5, 5.41) is 3.95. The SMILES string of the molecule is CC(C)Oc1ccc(CN2CC(c3nc(-c4ccc(F)c(Cl)c4)no3)CC2=O)cc1. The summed E-state index contributed by atoms with van der Waals surface area (Å²) in [6.45, 7) is 4.95. The second-order valence-corrected chi connectivity index (χ2v) is 7.98. The Bertz CT molecular complexity index is 1050. The summed E-state index contributed by atoms with van der Waals surface area (Å²) in [5.74, 6) is 0.856. The third-order valence-corrected chi connectivity index (χ3v) is 5.14. The molecule has 1 aliphatic rings. The number of hydrogen-bond donors (Lipinski definition) is 0. The summed E-state index contributed by atoms with van der Waals surface area (Å²) in [6.07, 6.45) is 0.419. The van der Waals surface area contributed by atoms with Crippen molar-refractivity contribution in [3.05, 3.63) is 64.8 Å². The van der Waals surface area contributed by atoms with Crippen LogP contribution in [0, 0.1) is 5.82 Å². The molecule has 2 heterocycles. The Morgan fingerprint density at radius 1 is 1.27 bits per heavy atom. The minimum absolute atomic E-state index is 0.00844. The average molecular weight is 430 g/mol. The molecular formula is C22H21ClFN3O3. The van der Waals surface area contributed by atoms with Gasteiger partial charge in [-0.05, 0) is 49.7 Å². The Kier molecular flexibility index (Phi) is 5.72. The number of aromatic nitrogens is 2. The van der Waals surface area contributed by atoms with Crippen molar-refractivity contribution >= 4 is 17.5 Å². The monoisotopic (exact) mass is 429 g/mol. The predicted molar refractivity (Wildman–Crippen MR) is 110 cm³/mol. The Labute approximate surface area is 178 Å². The lowest BCUT2D eigenvalue weighted by Crippen LogP contribution is -2.24. The predicted octanol–water partition coefficient (Wildman–Crippen LogP) is 4.83. The van der Waals surface area contributed by atoms with E-state index >= 15 is 0 Å². The van der Waals surface area contributed by atoms with Crippen LogP contribution in [0.25, 0.3) is 11.4 Å². The zero-order valence-electron chi connectivity index (χ0n) is 16.6. The molecule has 0 bridgehead atoms. The lowest BCUT2D eigenvalue weighted by atomic mass is 10.1. The zero-order chi connectivity index (χ0) is 21.3. The number of amides is 1. The van der Waals surface area contributed by atoms with Gasteiger partial charge in [-0.1, -0.05) is 28.9 Å². The number of rotatable bonds is 6. The lowest BCUT2D eigenvalue weighted by molar-refractivity contribution is -0.128. The molecule has 0 N–H and O–H groups in total. The van der Waals surface area contributed by atoms with E-state index < -0.39 is 5.82 Å². The molecular weight excluding hydrogens is 409 g/mol. The maximum absolute atomic E-state index is 13.4. The van der Waals surface area contributed by atoms with E-state index in [2.05, 4.69) is 10.1 Å². The highest BCUT2D eigenvalue weighted by Gasteiger charge is 2.34. The zero-order valence-corrected chi connectivity index (χ0v) is 17.4. The normalized spacial score (nSPS) is 16.5. The van der Waals surface area contributed by atoms with Crippen molar-refractivity contribution in [3.8, 4) is 17.1 Å². The maximum Gasteiger partial charge on any atom is 0.232 e. The van der Waals surface area contributed by atoms with Crippen LogP contribution in [0.15, 0.2) is 47.0 Å². The highest BCUT2D eigenvalue weighted by atomic mass is 35.5. The number of hydrogen-bond acceptors (Lipinski definition) is 5. The maximum atomic E-state index is 13.4. The van der Waals surface area contributed by atoms with Gasteiger partial charge in [0, 0.05) is 25.1 Å². The van der Waals surface area contributed by atoms with Crippen LogP contribution in [0.5, 0.6) is 5.75 Å². The van der Waals surface area contributed by atoms with Crippen LogP contribution in [0.4, 0.5) is 4.39 Å². The largest absolute Gasteiger partial charge is 0.491 e. The molecule has 3 aromatic rings. The second kappa shape index (κ2) is 8.44. The minimum atomic E-state index is -0.509. The summed E-state index contributed by atoms with van der Waals surface area (Å²) >= 11 is 5.83. The number of halogens is 2. The van der Waals surface area contributed by atoms with E-state index in [0.717, 1.165) is 11.3 Å². The first-order chi connectivity index (χ1) is 14.4. The molecule has 1 unspecified atom stereocenters. The molecule has 8 heteroatoms. The number of carbonyl (C=O) groups excluding carboxylic acids is 1. The van der Waals surface area contributed by atoms with Crippen molar-refractivity contribution in [2.75, 3.05) is 6.54 Å². The smallest absolute Gasteiger partial charge is 0.232 e. The van der Waals surface area contributed by atoms with Gasteiger partial charge in [0.15, 0.2) is 0 Å². The van der Waals surface area contributed by atoms with Crippen LogP contribution < -0.4 is 4.74 Å². The first-order valence-electron chi connectivity index (χ1n) is 9.71. The number of likely N-dealkylation sites (tertiary alicyclic amines) is 1. The average Bonchev–Trinajstić information content (AvgIpc) is 3.33. The molecule has 4 rings (SSSR count). The Balaban J connectivity index is 1.42. The van der Waals surface area contributed by atoms with E-state index in [9.17, 15) is 9.18 Å². The van der Waals surface area contributed by atoms with E-state index in [1.807, 2.05) is 38.1 Å². The third-order valence-electron chi connectivity index (χ3n) is 4.85. The molecule has 0 aliphatic carbocycles. The molecule has 6 nitrogen and oxygen atoms in total. The quantitative estimate of drug-likeness (QED) is 0.561. The molecule has 1 aromatic heterocycles. The lowest BCUT2D eigenvalue weighted by Gasteiger charge is -2.16. The topological polar surface area (TPSA) is 68.5 Å². The molecule has 0 spiro atoms. The molecule has 0 radical (unpaired) electrons. The third kappa shape index (κ3) is 4.46. The van der Waals surface area contributed by atoms with Gasteiger partial charge < -0.3 is 14.2 Å². The number of ether oxygens (including phenoxy) is 1. The van der Waals surface area contributed by atoms with Crippen LogP contribution in [0.2, 0.25) is 5.02 Å². The first-order valence-corrected chi connectivity index (χ1v) is 10.1. The van der Waals surface area contributed by atoms with E-state index in [-0.39, 0.29) is 23.0 Å². The van der Waals surface area contributed by atoms with Gasteiger partial charge in [-0.25, -0.2) is 4.39 Å². The van der Waals surface area contributed by atoms with Gasteiger partial charge in [-0.3, -0.25) is 4.79 Å². The Morgan fingerprint density at radius 2 is 2.03 bits per heavy atom. The highest BCUT2D eigenvalue weighted by molar-refractivity contribution is 6.31. The fraction of sp³-hybridized carbons (Fsp3) is 0.318. The van der Waals surface area contributed by atoms with Crippen LogP contribution in [0.3, 0.4) is 0 Å². The fourth-order valence-electron chi connectivity index (χ4n) is 3.41. The van der Waals surface area contributed by atoms with Crippen molar-refractivity contribution < 1.29 is 18.4 Å². The van der Waals surface area contributed by atoms with Crippen LogP contribution >= 0.6 is 11.6 Å². The first kappa shape index (κ1) is 20.3. The standard InChI is InChI=1S/C22H21ClFN3O3/c1-13(2)29-17-6-3-14(4-7-17)11-27-12-16(10-20(27)28)22-25-21(26-30-22)15-5-8-19(24)18(23)9-15/h3-9,13,16H,10-12H2,1-2H3. The van der Waals surface area contributed by atoms with Gasteiger partial charge in [0.25, 0.3) is 0 Å². The summed E-state index contributed by atoms with van der Waals surface area (Å²) in [6, 6.07) is 12.0. The Hall–Kier alpha value is -2.93. The molecule has 30 heavy (non-hydrogen) atoms. The van der Waals surface area contributed by atoms with Gasteiger partial charge in [0.2, 0.25) is 17.6 Å².